The van der Waals surface area contributed by atoms with Gasteiger partial charge in [0.05, 0.1) is 18.5 Å². The van der Waals surface area contributed by atoms with Gasteiger partial charge < -0.3 is 10.5 Å². The number of hydrogen-bond acceptors (Lipinski definition) is 3. The second kappa shape index (κ2) is 5.16. The zero-order valence-corrected chi connectivity index (χ0v) is 9.06. The lowest BCUT2D eigenvalue weighted by Gasteiger charge is -2.09. The molecule has 1 aromatic rings. The molecule has 0 atom stereocenters. The fourth-order valence-corrected chi connectivity index (χ4v) is 1.98. The van der Waals surface area contributed by atoms with Gasteiger partial charge in [-0.1, -0.05) is 0 Å². The van der Waals surface area contributed by atoms with Crippen LogP contribution in [-0.2, 0) is 6.54 Å². The molecule has 4 heteroatoms. The summed E-state index contributed by atoms with van der Waals surface area (Å²) in [4.78, 5) is 0. The average Bonchev–Trinajstić information content (AvgIpc) is 2.87. The fourth-order valence-electron chi connectivity index (χ4n) is 1.98. The minimum atomic E-state index is 0.414. The number of hydrogen-bond donors (Lipinski definition) is 1. The van der Waals surface area contributed by atoms with Crippen molar-refractivity contribution >= 4 is 0 Å². The van der Waals surface area contributed by atoms with Crippen LogP contribution in [0.3, 0.4) is 0 Å². The third-order valence-corrected chi connectivity index (χ3v) is 2.81. The van der Waals surface area contributed by atoms with Crippen LogP contribution in [0.5, 0.6) is 5.75 Å². The lowest BCUT2D eigenvalue weighted by Crippen LogP contribution is -2.10. The van der Waals surface area contributed by atoms with Gasteiger partial charge in [0, 0.05) is 6.54 Å². The molecule has 0 aromatic carbocycles. The van der Waals surface area contributed by atoms with E-state index in [-0.39, 0.29) is 0 Å². The van der Waals surface area contributed by atoms with Crippen LogP contribution in [0, 0.1) is 0 Å². The van der Waals surface area contributed by atoms with Gasteiger partial charge in [-0.3, -0.25) is 4.68 Å². The van der Waals surface area contributed by atoms with Gasteiger partial charge in [-0.25, -0.2) is 0 Å². The Labute approximate surface area is 90.4 Å². The number of ether oxygens (including phenoxy) is 1. The first-order valence-electron chi connectivity index (χ1n) is 5.77. The van der Waals surface area contributed by atoms with Gasteiger partial charge in [0.1, 0.15) is 0 Å². The molecule has 15 heavy (non-hydrogen) atoms. The molecular weight excluding hydrogens is 190 g/mol. The summed E-state index contributed by atoms with van der Waals surface area (Å²) in [6.07, 6.45) is 10.1. The molecule has 1 aliphatic carbocycles. The summed E-state index contributed by atoms with van der Waals surface area (Å²) in [6.45, 7) is 1.59. The topological polar surface area (TPSA) is 53.1 Å². The van der Waals surface area contributed by atoms with E-state index in [4.69, 9.17) is 10.5 Å². The van der Waals surface area contributed by atoms with E-state index in [1.165, 1.54) is 25.7 Å². The van der Waals surface area contributed by atoms with E-state index in [1.807, 2.05) is 10.9 Å². The maximum absolute atomic E-state index is 5.82. The predicted octanol–water partition coefficient (Wildman–Crippen LogP) is 1.55. The summed E-state index contributed by atoms with van der Waals surface area (Å²) >= 11 is 0. The van der Waals surface area contributed by atoms with Crippen LogP contribution in [0.1, 0.15) is 32.1 Å². The smallest absolute Gasteiger partial charge is 0.157 e. The Morgan fingerprint density at radius 2 is 2.27 bits per heavy atom. The van der Waals surface area contributed by atoms with Crippen LogP contribution in [0.2, 0.25) is 0 Å². The van der Waals surface area contributed by atoms with E-state index in [9.17, 15) is 0 Å². The molecule has 1 fully saturated rings. The largest absolute Gasteiger partial charge is 0.487 e. The molecule has 84 valence electrons. The molecule has 1 aromatic heterocycles. The molecule has 0 spiro atoms. The van der Waals surface area contributed by atoms with Crippen molar-refractivity contribution in [1.29, 1.82) is 0 Å². The summed E-state index contributed by atoms with van der Waals surface area (Å²) in [6, 6.07) is 0. The van der Waals surface area contributed by atoms with E-state index < -0.39 is 0 Å². The van der Waals surface area contributed by atoms with Crippen molar-refractivity contribution in [3.8, 4) is 5.75 Å². The van der Waals surface area contributed by atoms with Gasteiger partial charge >= 0.3 is 0 Å². The first-order valence-corrected chi connectivity index (χ1v) is 5.77. The van der Waals surface area contributed by atoms with Gasteiger partial charge in [0.25, 0.3) is 0 Å². The standard InChI is InChI=1S/C11H19N3O/c12-6-3-7-14-9-11(8-13-14)15-10-4-1-2-5-10/h8-10H,1-7,12H2. The molecule has 4 nitrogen and oxygen atoms in total. The van der Waals surface area contributed by atoms with Gasteiger partial charge in [0.2, 0.25) is 0 Å². The lowest BCUT2D eigenvalue weighted by atomic mass is 10.3. The van der Waals surface area contributed by atoms with Crippen LogP contribution in [-0.4, -0.2) is 22.4 Å². The maximum atomic E-state index is 5.82. The van der Waals surface area contributed by atoms with Crippen molar-refractivity contribution in [1.82, 2.24) is 9.78 Å². The van der Waals surface area contributed by atoms with Crippen LogP contribution in [0.4, 0.5) is 0 Å². The van der Waals surface area contributed by atoms with Gasteiger partial charge in [0.15, 0.2) is 5.75 Å². The Hall–Kier alpha value is -1.03. The number of aromatic nitrogens is 2. The van der Waals surface area contributed by atoms with Crippen LogP contribution in [0.25, 0.3) is 0 Å². The van der Waals surface area contributed by atoms with Crippen LogP contribution < -0.4 is 10.5 Å². The second-order valence-corrected chi connectivity index (χ2v) is 4.11. The Bertz CT molecular complexity index is 292. The van der Waals surface area contributed by atoms with E-state index in [1.54, 1.807) is 6.20 Å². The zero-order chi connectivity index (χ0) is 10.5. The SMILES string of the molecule is NCCCn1cc(OC2CCCC2)cn1. The van der Waals surface area contributed by atoms with Crippen molar-refractivity contribution in [3.63, 3.8) is 0 Å². The molecule has 1 aliphatic rings. The van der Waals surface area contributed by atoms with E-state index in [0.717, 1.165) is 18.7 Å². The highest BCUT2D eigenvalue weighted by Gasteiger charge is 2.16. The van der Waals surface area contributed by atoms with Crippen molar-refractivity contribution < 1.29 is 4.74 Å². The highest BCUT2D eigenvalue weighted by Crippen LogP contribution is 2.23. The van der Waals surface area contributed by atoms with Crippen molar-refractivity contribution in [2.45, 2.75) is 44.8 Å². The third-order valence-electron chi connectivity index (χ3n) is 2.81. The number of nitrogens with zero attached hydrogens (tertiary/aromatic N) is 2. The summed E-state index contributed by atoms with van der Waals surface area (Å²) in [5.74, 6) is 0.902. The molecule has 1 heterocycles. The Morgan fingerprint density at radius 3 is 3.00 bits per heavy atom. The molecular formula is C11H19N3O. The highest BCUT2D eigenvalue weighted by atomic mass is 16.5. The first kappa shape index (κ1) is 10.5. The summed E-state index contributed by atoms with van der Waals surface area (Å²) in [5.41, 5.74) is 5.44. The molecule has 0 unspecified atom stereocenters. The minimum absolute atomic E-state index is 0.414. The third kappa shape index (κ3) is 2.96. The lowest BCUT2D eigenvalue weighted by molar-refractivity contribution is 0.209. The molecule has 2 N–H and O–H groups in total. The monoisotopic (exact) mass is 209 g/mol. The van der Waals surface area contributed by atoms with Crippen LogP contribution >= 0.6 is 0 Å². The number of nitrogens with two attached hydrogens (primary N) is 1. The van der Waals surface area contributed by atoms with Crippen molar-refractivity contribution in [2.75, 3.05) is 6.54 Å². The predicted molar refractivity (Wildman–Crippen MR) is 58.8 cm³/mol. The Kier molecular flexibility index (Phi) is 3.61. The Morgan fingerprint density at radius 1 is 1.47 bits per heavy atom. The summed E-state index contributed by atoms with van der Waals surface area (Å²) in [7, 11) is 0. The van der Waals surface area contributed by atoms with Gasteiger partial charge in [-0.2, -0.15) is 5.10 Å². The van der Waals surface area contributed by atoms with E-state index in [2.05, 4.69) is 5.10 Å². The van der Waals surface area contributed by atoms with Crippen LogP contribution in [0.15, 0.2) is 12.4 Å². The van der Waals surface area contributed by atoms with Gasteiger partial charge in [-0.05, 0) is 38.6 Å². The fraction of sp³-hybridized carbons (Fsp3) is 0.727. The quantitative estimate of drug-likeness (QED) is 0.800. The van der Waals surface area contributed by atoms with E-state index >= 15 is 0 Å². The molecule has 1 saturated carbocycles. The van der Waals surface area contributed by atoms with Crippen molar-refractivity contribution in [3.05, 3.63) is 12.4 Å². The molecule has 0 bridgehead atoms. The van der Waals surface area contributed by atoms with Gasteiger partial charge in [-0.15, -0.1) is 0 Å². The molecule has 0 saturated heterocycles. The average molecular weight is 209 g/mol. The molecule has 0 aliphatic heterocycles. The van der Waals surface area contributed by atoms with E-state index in [0.29, 0.717) is 12.6 Å². The first-order chi connectivity index (χ1) is 7.38. The van der Waals surface area contributed by atoms with Crippen molar-refractivity contribution in [2.24, 2.45) is 5.73 Å². The number of rotatable bonds is 5. The molecule has 0 radical (unpaired) electrons. The molecule has 2 rings (SSSR count). The summed E-state index contributed by atoms with van der Waals surface area (Å²) < 4.78 is 7.72. The molecule has 0 amide bonds. The summed E-state index contributed by atoms with van der Waals surface area (Å²) in [5, 5.41) is 4.23. The minimum Gasteiger partial charge on any atom is -0.487 e. The normalized spacial score (nSPS) is 17.1. The number of aryl methyl sites for hydroxylation is 1. The zero-order valence-electron chi connectivity index (χ0n) is 9.06. The highest BCUT2D eigenvalue weighted by molar-refractivity contribution is 5.12. The second-order valence-electron chi connectivity index (χ2n) is 4.11. The maximum Gasteiger partial charge on any atom is 0.157 e. The Balaban J connectivity index is 1.83.